The van der Waals surface area contributed by atoms with Crippen LogP contribution in [-0.4, -0.2) is 17.6 Å². The summed E-state index contributed by atoms with van der Waals surface area (Å²) in [4.78, 5) is 12.3. The van der Waals surface area contributed by atoms with E-state index in [2.05, 4.69) is 21.2 Å². The second kappa shape index (κ2) is 7.34. The van der Waals surface area contributed by atoms with E-state index in [0.717, 1.165) is 20.8 Å². The standard InChI is InChI=1S/C19H15BrClNO2/c20-13-8-9-17(21)16(10-13)19(24)22-11-18(23)15-7-3-5-12-4-1-2-6-14(12)15/h1-10,18,23H,11H2,(H,22,24). The molecule has 0 saturated carbocycles. The van der Waals surface area contributed by atoms with Crippen molar-refractivity contribution >= 4 is 44.2 Å². The highest BCUT2D eigenvalue weighted by atomic mass is 79.9. The second-order valence-electron chi connectivity index (χ2n) is 5.42. The van der Waals surface area contributed by atoms with Crippen molar-refractivity contribution in [2.75, 3.05) is 6.54 Å². The smallest absolute Gasteiger partial charge is 0.252 e. The third kappa shape index (κ3) is 3.61. The van der Waals surface area contributed by atoms with E-state index in [0.29, 0.717) is 10.6 Å². The van der Waals surface area contributed by atoms with Crippen LogP contribution in [0.1, 0.15) is 22.0 Å². The number of aliphatic hydroxyl groups excluding tert-OH is 1. The SMILES string of the molecule is O=C(NCC(O)c1cccc2ccccc12)c1cc(Br)ccc1Cl. The van der Waals surface area contributed by atoms with Gasteiger partial charge in [0, 0.05) is 11.0 Å². The van der Waals surface area contributed by atoms with Crippen molar-refractivity contribution in [3.8, 4) is 0 Å². The van der Waals surface area contributed by atoms with Gasteiger partial charge in [0.1, 0.15) is 0 Å². The summed E-state index contributed by atoms with van der Waals surface area (Å²) in [6.45, 7) is 0.107. The minimum absolute atomic E-state index is 0.107. The maximum Gasteiger partial charge on any atom is 0.252 e. The molecular formula is C19H15BrClNO2. The second-order valence-corrected chi connectivity index (χ2v) is 6.74. The van der Waals surface area contributed by atoms with Crippen LogP contribution in [0.15, 0.2) is 65.1 Å². The fraction of sp³-hybridized carbons (Fsp3) is 0.105. The topological polar surface area (TPSA) is 49.3 Å². The number of benzene rings is 3. The first-order chi connectivity index (χ1) is 11.6. The van der Waals surface area contributed by atoms with Crippen LogP contribution in [0, 0.1) is 0 Å². The maximum atomic E-state index is 12.3. The first-order valence-electron chi connectivity index (χ1n) is 7.45. The highest BCUT2D eigenvalue weighted by Gasteiger charge is 2.15. The van der Waals surface area contributed by atoms with E-state index < -0.39 is 6.10 Å². The normalized spacial score (nSPS) is 12.1. The van der Waals surface area contributed by atoms with Gasteiger partial charge in [-0.2, -0.15) is 0 Å². The van der Waals surface area contributed by atoms with E-state index in [1.165, 1.54) is 0 Å². The summed E-state index contributed by atoms with van der Waals surface area (Å²) >= 11 is 9.38. The van der Waals surface area contributed by atoms with Gasteiger partial charge in [-0.15, -0.1) is 0 Å². The minimum Gasteiger partial charge on any atom is -0.387 e. The lowest BCUT2D eigenvalue weighted by Gasteiger charge is -2.15. The molecule has 0 aromatic heterocycles. The van der Waals surface area contributed by atoms with E-state index >= 15 is 0 Å². The maximum absolute atomic E-state index is 12.3. The molecule has 0 aliphatic carbocycles. The Morgan fingerprint density at radius 3 is 2.71 bits per heavy atom. The lowest BCUT2D eigenvalue weighted by Crippen LogP contribution is -2.28. The average molecular weight is 405 g/mol. The monoisotopic (exact) mass is 403 g/mol. The number of carbonyl (C=O) groups excluding carboxylic acids is 1. The average Bonchev–Trinajstić information content (AvgIpc) is 2.61. The number of hydrogen-bond acceptors (Lipinski definition) is 2. The predicted octanol–water partition coefficient (Wildman–Crippen LogP) is 4.72. The van der Waals surface area contributed by atoms with Gasteiger partial charge in [-0.3, -0.25) is 4.79 Å². The molecule has 0 radical (unpaired) electrons. The number of fused-ring (bicyclic) bond motifs is 1. The molecule has 3 rings (SSSR count). The Balaban J connectivity index is 1.76. The quantitative estimate of drug-likeness (QED) is 0.661. The number of aliphatic hydroxyl groups is 1. The molecule has 2 N–H and O–H groups in total. The van der Waals surface area contributed by atoms with E-state index in [1.807, 2.05) is 42.5 Å². The van der Waals surface area contributed by atoms with Crippen LogP contribution in [0.3, 0.4) is 0 Å². The zero-order valence-corrected chi connectivity index (χ0v) is 15.0. The number of halogens is 2. The molecule has 0 aliphatic rings. The van der Waals surface area contributed by atoms with Crippen LogP contribution < -0.4 is 5.32 Å². The third-order valence-corrected chi connectivity index (χ3v) is 4.63. The number of hydrogen-bond donors (Lipinski definition) is 2. The van der Waals surface area contributed by atoms with Crippen molar-refractivity contribution < 1.29 is 9.90 Å². The lowest BCUT2D eigenvalue weighted by atomic mass is 10.0. The lowest BCUT2D eigenvalue weighted by molar-refractivity contribution is 0.0917. The summed E-state index contributed by atoms with van der Waals surface area (Å²) in [6.07, 6.45) is -0.800. The van der Waals surface area contributed by atoms with Gasteiger partial charge in [0.25, 0.3) is 5.91 Å². The fourth-order valence-electron chi connectivity index (χ4n) is 2.61. The predicted molar refractivity (Wildman–Crippen MR) is 100 cm³/mol. The van der Waals surface area contributed by atoms with Crippen molar-refractivity contribution in [1.29, 1.82) is 0 Å². The number of carbonyl (C=O) groups is 1. The molecule has 3 nitrogen and oxygen atoms in total. The number of nitrogens with one attached hydrogen (secondary N) is 1. The molecule has 0 saturated heterocycles. The molecule has 24 heavy (non-hydrogen) atoms. The molecule has 1 amide bonds. The zero-order valence-electron chi connectivity index (χ0n) is 12.7. The molecule has 1 unspecified atom stereocenters. The summed E-state index contributed by atoms with van der Waals surface area (Å²) < 4.78 is 0.770. The summed E-state index contributed by atoms with van der Waals surface area (Å²) in [5, 5.41) is 15.6. The highest BCUT2D eigenvalue weighted by molar-refractivity contribution is 9.10. The van der Waals surface area contributed by atoms with Crippen LogP contribution in [0.4, 0.5) is 0 Å². The van der Waals surface area contributed by atoms with E-state index in [9.17, 15) is 9.90 Å². The molecule has 1 atom stereocenters. The molecule has 3 aromatic carbocycles. The van der Waals surface area contributed by atoms with Crippen molar-refractivity contribution in [3.63, 3.8) is 0 Å². The number of amides is 1. The van der Waals surface area contributed by atoms with Gasteiger partial charge in [-0.25, -0.2) is 0 Å². The van der Waals surface area contributed by atoms with Gasteiger partial charge in [0.15, 0.2) is 0 Å². The van der Waals surface area contributed by atoms with Crippen molar-refractivity contribution in [2.45, 2.75) is 6.10 Å². The molecule has 0 spiro atoms. The summed E-state index contributed by atoms with van der Waals surface area (Å²) in [7, 11) is 0. The molecule has 3 aromatic rings. The Hall–Kier alpha value is -1.88. The van der Waals surface area contributed by atoms with Crippen LogP contribution in [0.5, 0.6) is 0 Å². The summed E-state index contributed by atoms with van der Waals surface area (Å²) in [6, 6.07) is 18.7. The van der Waals surface area contributed by atoms with Gasteiger partial charge in [0.2, 0.25) is 0 Å². The Bertz CT molecular complexity index is 892. The first kappa shape index (κ1) is 17.0. The van der Waals surface area contributed by atoms with Gasteiger partial charge in [-0.1, -0.05) is 70.0 Å². The van der Waals surface area contributed by atoms with Crippen LogP contribution >= 0.6 is 27.5 Å². The minimum atomic E-state index is -0.800. The number of rotatable bonds is 4. The molecular weight excluding hydrogens is 390 g/mol. The van der Waals surface area contributed by atoms with E-state index in [-0.39, 0.29) is 12.5 Å². The fourth-order valence-corrected chi connectivity index (χ4v) is 3.17. The highest BCUT2D eigenvalue weighted by Crippen LogP contribution is 2.24. The molecule has 0 aliphatic heterocycles. The zero-order chi connectivity index (χ0) is 17.1. The Kier molecular flexibility index (Phi) is 5.19. The molecule has 5 heteroatoms. The van der Waals surface area contributed by atoms with Gasteiger partial charge >= 0.3 is 0 Å². The van der Waals surface area contributed by atoms with Gasteiger partial charge in [-0.05, 0) is 34.5 Å². The Labute approximate surface area is 153 Å². The van der Waals surface area contributed by atoms with Crippen LogP contribution in [0.2, 0.25) is 5.02 Å². The largest absolute Gasteiger partial charge is 0.387 e. The summed E-state index contributed by atoms with van der Waals surface area (Å²) in [5.41, 5.74) is 1.16. The Morgan fingerprint density at radius 1 is 1.12 bits per heavy atom. The first-order valence-corrected chi connectivity index (χ1v) is 8.62. The molecule has 0 bridgehead atoms. The van der Waals surface area contributed by atoms with Gasteiger partial charge in [0.05, 0.1) is 16.7 Å². The third-order valence-electron chi connectivity index (χ3n) is 3.81. The molecule has 0 heterocycles. The van der Waals surface area contributed by atoms with E-state index in [4.69, 9.17) is 11.6 Å². The van der Waals surface area contributed by atoms with Crippen molar-refractivity contribution in [2.24, 2.45) is 0 Å². The Morgan fingerprint density at radius 2 is 1.88 bits per heavy atom. The van der Waals surface area contributed by atoms with Crippen LogP contribution in [-0.2, 0) is 0 Å². The van der Waals surface area contributed by atoms with Crippen LogP contribution in [0.25, 0.3) is 10.8 Å². The van der Waals surface area contributed by atoms with E-state index in [1.54, 1.807) is 18.2 Å². The van der Waals surface area contributed by atoms with Gasteiger partial charge < -0.3 is 10.4 Å². The summed E-state index contributed by atoms with van der Waals surface area (Å²) in [5.74, 6) is -0.319. The molecule has 122 valence electrons. The van der Waals surface area contributed by atoms with Crippen molar-refractivity contribution in [1.82, 2.24) is 5.32 Å². The van der Waals surface area contributed by atoms with Crippen molar-refractivity contribution in [3.05, 3.63) is 81.3 Å². The molecule has 0 fully saturated rings.